The minimum atomic E-state index is -0.151. The molecule has 0 radical (unpaired) electrons. The van der Waals surface area contributed by atoms with Crippen molar-refractivity contribution in [3.8, 4) is 11.1 Å². The number of fused-ring (bicyclic) bond motifs is 3. The van der Waals surface area contributed by atoms with E-state index in [-0.39, 0.29) is 5.56 Å². The highest BCUT2D eigenvalue weighted by atomic mass is 16.1. The molecule has 0 amide bonds. The highest BCUT2D eigenvalue weighted by Gasteiger charge is 2.13. The van der Waals surface area contributed by atoms with Gasteiger partial charge in [-0.05, 0) is 17.7 Å². The van der Waals surface area contributed by atoms with Gasteiger partial charge in [-0.15, -0.1) is 0 Å². The normalized spacial score (nSPS) is 11.4. The molecule has 0 bridgehead atoms. The molecule has 1 aromatic carbocycles. The van der Waals surface area contributed by atoms with Gasteiger partial charge in [0.15, 0.2) is 0 Å². The number of pyridine rings is 2. The van der Waals surface area contributed by atoms with Crippen LogP contribution in [-0.2, 0) is 20.6 Å². The van der Waals surface area contributed by atoms with Crippen molar-refractivity contribution >= 4 is 27.5 Å². The lowest BCUT2D eigenvalue weighted by atomic mass is 10.0. The van der Waals surface area contributed by atoms with E-state index in [0.717, 1.165) is 33.3 Å². The van der Waals surface area contributed by atoms with Gasteiger partial charge in [0.25, 0.3) is 5.56 Å². The van der Waals surface area contributed by atoms with E-state index in [2.05, 4.69) is 20.5 Å². The molecule has 0 saturated heterocycles. The van der Waals surface area contributed by atoms with Crippen LogP contribution in [0.1, 0.15) is 5.56 Å². The highest BCUT2D eigenvalue weighted by Crippen LogP contribution is 2.31. The standard InChI is InChI=1S/C21H19N7O/c1-27-11-13(9-24-27)8-23-20-16-4-3-14(15-10-25-28(2)12-15)7-17(16)19-18(26-20)5-6-22-21(19)29/h3-7,9-12H,8H2,1-2H3,(H,22,29)(H,23,26). The van der Waals surface area contributed by atoms with Gasteiger partial charge in [0.05, 0.1) is 23.3 Å². The van der Waals surface area contributed by atoms with Crippen molar-refractivity contribution in [2.45, 2.75) is 6.54 Å². The molecule has 0 unspecified atom stereocenters. The van der Waals surface area contributed by atoms with Crippen molar-refractivity contribution in [2.75, 3.05) is 5.32 Å². The highest BCUT2D eigenvalue weighted by molar-refractivity contribution is 6.10. The SMILES string of the molecule is Cn1cc(CNc2nc3cc[nH]c(=O)c3c3cc(-c4cnn(C)c4)ccc23)cn1. The lowest BCUT2D eigenvalue weighted by molar-refractivity contribution is 0.767. The van der Waals surface area contributed by atoms with Crippen LogP contribution in [0.5, 0.6) is 0 Å². The van der Waals surface area contributed by atoms with Crippen molar-refractivity contribution in [1.82, 2.24) is 29.5 Å². The Morgan fingerprint density at radius 3 is 2.59 bits per heavy atom. The number of aromatic amines is 1. The molecule has 0 aliphatic heterocycles. The Kier molecular flexibility index (Phi) is 3.90. The maximum Gasteiger partial charge on any atom is 0.258 e. The first-order valence-corrected chi connectivity index (χ1v) is 9.24. The first-order chi connectivity index (χ1) is 14.1. The van der Waals surface area contributed by atoms with E-state index in [1.54, 1.807) is 15.6 Å². The third kappa shape index (κ3) is 3.04. The van der Waals surface area contributed by atoms with E-state index in [4.69, 9.17) is 4.98 Å². The summed E-state index contributed by atoms with van der Waals surface area (Å²) < 4.78 is 3.53. The second-order valence-corrected chi connectivity index (χ2v) is 7.07. The Morgan fingerprint density at radius 1 is 1.00 bits per heavy atom. The van der Waals surface area contributed by atoms with Gasteiger partial charge >= 0.3 is 0 Å². The van der Waals surface area contributed by atoms with Gasteiger partial charge in [0, 0.05) is 61.1 Å². The fourth-order valence-corrected chi connectivity index (χ4v) is 3.59. The molecule has 4 aromatic heterocycles. The second kappa shape index (κ2) is 6.59. The molecule has 0 fully saturated rings. The summed E-state index contributed by atoms with van der Waals surface area (Å²) in [5, 5.41) is 14.2. The predicted molar refractivity (Wildman–Crippen MR) is 113 cm³/mol. The monoisotopic (exact) mass is 385 g/mol. The van der Waals surface area contributed by atoms with Crippen LogP contribution in [0.3, 0.4) is 0 Å². The molecule has 4 heterocycles. The number of aryl methyl sites for hydroxylation is 2. The molecule has 8 nitrogen and oxygen atoms in total. The predicted octanol–water partition coefficient (Wildman–Crippen LogP) is 2.82. The fraction of sp³-hybridized carbons (Fsp3) is 0.143. The van der Waals surface area contributed by atoms with Crippen LogP contribution in [0.4, 0.5) is 5.82 Å². The molecule has 0 aliphatic carbocycles. The lowest BCUT2D eigenvalue weighted by Gasteiger charge is -2.12. The minimum absolute atomic E-state index is 0.151. The van der Waals surface area contributed by atoms with Crippen molar-refractivity contribution in [3.63, 3.8) is 0 Å². The van der Waals surface area contributed by atoms with Crippen molar-refractivity contribution < 1.29 is 0 Å². The third-order valence-electron chi connectivity index (χ3n) is 4.97. The van der Waals surface area contributed by atoms with Crippen LogP contribution < -0.4 is 10.9 Å². The summed E-state index contributed by atoms with van der Waals surface area (Å²) in [6.07, 6.45) is 9.18. The number of benzene rings is 1. The van der Waals surface area contributed by atoms with Crippen LogP contribution in [0.25, 0.3) is 32.8 Å². The molecule has 0 spiro atoms. The molecular weight excluding hydrogens is 366 g/mol. The van der Waals surface area contributed by atoms with Crippen LogP contribution in [0, 0.1) is 0 Å². The van der Waals surface area contributed by atoms with Gasteiger partial charge in [0.2, 0.25) is 0 Å². The smallest absolute Gasteiger partial charge is 0.258 e. The summed E-state index contributed by atoms with van der Waals surface area (Å²) >= 11 is 0. The molecule has 2 N–H and O–H groups in total. The molecule has 0 atom stereocenters. The number of anilines is 1. The lowest BCUT2D eigenvalue weighted by Crippen LogP contribution is -2.08. The number of H-pyrrole nitrogens is 1. The quantitative estimate of drug-likeness (QED) is 0.464. The number of aromatic nitrogens is 6. The zero-order valence-corrected chi connectivity index (χ0v) is 16.0. The zero-order chi connectivity index (χ0) is 20.0. The van der Waals surface area contributed by atoms with E-state index in [1.807, 2.05) is 63.1 Å². The molecule has 8 heteroatoms. The maximum absolute atomic E-state index is 12.6. The summed E-state index contributed by atoms with van der Waals surface area (Å²) in [7, 11) is 3.77. The number of hydrogen-bond donors (Lipinski definition) is 2. The number of rotatable bonds is 4. The minimum Gasteiger partial charge on any atom is -0.365 e. The average Bonchev–Trinajstić information content (AvgIpc) is 3.33. The van der Waals surface area contributed by atoms with E-state index in [0.29, 0.717) is 17.4 Å². The van der Waals surface area contributed by atoms with Crippen LogP contribution in [-0.4, -0.2) is 29.5 Å². The molecule has 0 aliphatic rings. The Bertz CT molecular complexity index is 1410. The maximum atomic E-state index is 12.6. The van der Waals surface area contributed by atoms with Crippen LogP contribution >= 0.6 is 0 Å². The molecular formula is C21H19N7O. The Balaban J connectivity index is 1.69. The van der Waals surface area contributed by atoms with E-state index >= 15 is 0 Å². The summed E-state index contributed by atoms with van der Waals surface area (Å²) in [5.41, 5.74) is 3.55. The number of nitrogens with one attached hydrogen (secondary N) is 2. The van der Waals surface area contributed by atoms with Crippen LogP contribution in [0.2, 0.25) is 0 Å². The van der Waals surface area contributed by atoms with Gasteiger partial charge in [-0.25, -0.2) is 4.98 Å². The summed E-state index contributed by atoms with van der Waals surface area (Å²) in [4.78, 5) is 20.1. The Morgan fingerprint density at radius 2 is 1.83 bits per heavy atom. The van der Waals surface area contributed by atoms with Gasteiger partial charge in [-0.1, -0.05) is 12.1 Å². The molecule has 144 valence electrons. The summed E-state index contributed by atoms with van der Waals surface area (Å²) in [6, 6.07) is 7.88. The van der Waals surface area contributed by atoms with Gasteiger partial charge < -0.3 is 10.3 Å². The molecule has 29 heavy (non-hydrogen) atoms. The second-order valence-electron chi connectivity index (χ2n) is 7.07. The van der Waals surface area contributed by atoms with Gasteiger partial charge in [-0.3, -0.25) is 14.2 Å². The largest absolute Gasteiger partial charge is 0.365 e. The number of hydrogen-bond acceptors (Lipinski definition) is 5. The summed E-state index contributed by atoms with van der Waals surface area (Å²) in [5.74, 6) is 0.736. The molecule has 5 aromatic rings. The number of nitrogens with zero attached hydrogens (tertiary/aromatic N) is 5. The summed E-state index contributed by atoms with van der Waals surface area (Å²) in [6.45, 7) is 0.592. The van der Waals surface area contributed by atoms with Crippen molar-refractivity contribution in [2.24, 2.45) is 14.1 Å². The first-order valence-electron chi connectivity index (χ1n) is 9.24. The van der Waals surface area contributed by atoms with E-state index in [9.17, 15) is 4.79 Å². The molecule has 0 saturated carbocycles. The average molecular weight is 385 g/mol. The first kappa shape index (κ1) is 17.2. The van der Waals surface area contributed by atoms with E-state index in [1.165, 1.54) is 0 Å². The fourth-order valence-electron chi connectivity index (χ4n) is 3.59. The molecule has 5 rings (SSSR count). The van der Waals surface area contributed by atoms with Crippen molar-refractivity contribution in [1.29, 1.82) is 0 Å². The zero-order valence-electron chi connectivity index (χ0n) is 16.0. The van der Waals surface area contributed by atoms with Gasteiger partial charge in [-0.2, -0.15) is 10.2 Å². The van der Waals surface area contributed by atoms with E-state index < -0.39 is 0 Å². The van der Waals surface area contributed by atoms with Crippen LogP contribution in [0.15, 0.2) is 60.0 Å². The topological polar surface area (TPSA) is 93.4 Å². The van der Waals surface area contributed by atoms with Crippen molar-refractivity contribution in [3.05, 3.63) is 71.2 Å². The third-order valence-corrected chi connectivity index (χ3v) is 4.97. The van der Waals surface area contributed by atoms with Gasteiger partial charge in [0.1, 0.15) is 5.82 Å². The Hall–Kier alpha value is -3.94. The Labute approximate surface area is 165 Å².